The summed E-state index contributed by atoms with van der Waals surface area (Å²) in [6.07, 6.45) is 4.40. The number of hydrogen-bond donors (Lipinski definition) is 0. The van der Waals surface area contributed by atoms with Crippen molar-refractivity contribution < 1.29 is 4.79 Å². The van der Waals surface area contributed by atoms with Crippen LogP contribution < -0.4 is 0 Å². The minimum absolute atomic E-state index is 0.566. The highest BCUT2D eigenvalue weighted by molar-refractivity contribution is 6.04. The van der Waals surface area contributed by atoms with Crippen LogP contribution in [0.4, 0.5) is 0 Å². The summed E-state index contributed by atoms with van der Waals surface area (Å²) >= 11 is 0. The Balaban J connectivity index is 2.81. The summed E-state index contributed by atoms with van der Waals surface area (Å²) in [7, 11) is 0. The molecule has 64 valence electrons. The van der Waals surface area contributed by atoms with E-state index in [0.29, 0.717) is 5.69 Å². The summed E-state index contributed by atoms with van der Waals surface area (Å²) < 4.78 is 0. The molecule has 0 atom stereocenters. The molecule has 0 aliphatic carbocycles. The Morgan fingerprint density at radius 1 is 1.69 bits per heavy atom. The SMILES string of the molecule is Cc1ccnc(/C=C/C(=O)C#N)c1. The fraction of sp³-hybridized carbons (Fsp3) is 0.100. The summed E-state index contributed by atoms with van der Waals surface area (Å²) in [5, 5.41) is 8.20. The normalized spacial score (nSPS) is 9.85. The number of carbonyl (C=O) groups is 1. The molecule has 3 heteroatoms. The van der Waals surface area contributed by atoms with E-state index in [1.807, 2.05) is 19.1 Å². The van der Waals surface area contributed by atoms with Gasteiger partial charge in [-0.3, -0.25) is 9.78 Å². The summed E-state index contributed by atoms with van der Waals surface area (Å²) in [5.41, 5.74) is 1.75. The van der Waals surface area contributed by atoms with Gasteiger partial charge in [0.25, 0.3) is 5.78 Å². The number of nitriles is 1. The molecule has 1 heterocycles. The molecule has 0 N–H and O–H groups in total. The Morgan fingerprint density at radius 3 is 3.08 bits per heavy atom. The van der Waals surface area contributed by atoms with E-state index < -0.39 is 5.78 Å². The van der Waals surface area contributed by atoms with Gasteiger partial charge in [0.2, 0.25) is 0 Å². The molecule has 0 aliphatic heterocycles. The van der Waals surface area contributed by atoms with Gasteiger partial charge in [-0.2, -0.15) is 5.26 Å². The maximum Gasteiger partial charge on any atom is 0.255 e. The molecular formula is C10H8N2O. The minimum Gasteiger partial charge on any atom is -0.278 e. The van der Waals surface area contributed by atoms with E-state index in [1.54, 1.807) is 6.20 Å². The summed E-state index contributed by atoms with van der Waals surface area (Å²) in [4.78, 5) is 14.6. The molecule has 0 fully saturated rings. The van der Waals surface area contributed by atoms with Crippen molar-refractivity contribution >= 4 is 11.9 Å². The second-order valence-electron chi connectivity index (χ2n) is 2.57. The number of nitrogens with zero attached hydrogens (tertiary/aromatic N) is 2. The van der Waals surface area contributed by atoms with Gasteiger partial charge in [-0.1, -0.05) is 0 Å². The maximum absolute atomic E-state index is 10.6. The predicted molar refractivity (Wildman–Crippen MR) is 48.6 cm³/mol. The van der Waals surface area contributed by atoms with Crippen molar-refractivity contribution in [2.24, 2.45) is 0 Å². The van der Waals surface area contributed by atoms with Crippen LogP contribution in [0, 0.1) is 18.3 Å². The predicted octanol–water partition coefficient (Wildman–Crippen LogP) is 1.50. The van der Waals surface area contributed by atoms with Gasteiger partial charge in [0.1, 0.15) is 6.07 Å². The zero-order valence-electron chi connectivity index (χ0n) is 7.19. The molecule has 0 saturated carbocycles. The fourth-order valence-electron chi connectivity index (χ4n) is 0.849. The fourth-order valence-corrected chi connectivity index (χ4v) is 0.849. The Hall–Kier alpha value is -1.95. The lowest BCUT2D eigenvalue weighted by Crippen LogP contribution is -1.86. The molecule has 13 heavy (non-hydrogen) atoms. The van der Waals surface area contributed by atoms with Gasteiger partial charge in [-0.15, -0.1) is 0 Å². The first-order valence-corrected chi connectivity index (χ1v) is 3.77. The molecule has 0 spiro atoms. The highest BCUT2D eigenvalue weighted by Crippen LogP contribution is 2.01. The summed E-state index contributed by atoms with van der Waals surface area (Å²) in [6.45, 7) is 1.94. The Bertz CT molecular complexity index is 388. The molecule has 0 bridgehead atoms. The monoisotopic (exact) mass is 172 g/mol. The molecule has 0 aromatic carbocycles. The first-order valence-electron chi connectivity index (χ1n) is 3.77. The third kappa shape index (κ3) is 2.88. The van der Waals surface area contributed by atoms with Crippen molar-refractivity contribution in [1.29, 1.82) is 5.26 Å². The van der Waals surface area contributed by atoms with Crippen molar-refractivity contribution in [3.05, 3.63) is 35.7 Å². The van der Waals surface area contributed by atoms with Gasteiger partial charge < -0.3 is 0 Å². The van der Waals surface area contributed by atoms with Gasteiger partial charge in [0.05, 0.1) is 5.69 Å². The molecule has 3 nitrogen and oxygen atoms in total. The van der Waals surface area contributed by atoms with E-state index >= 15 is 0 Å². The van der Waals surface area contributed by atoms with Gasteiger partial charge in [-0.25, -0.2) is 0 Å². The number of rotatable bonds is 2. The second-order valence-corrected chi connectivity index (χ2v) is 2.57. The zero-order chi connectivity index (χ0) is 9.68. The van der Waals surface area contributed by atoms with E-state index in [9.17, 15) is 4.79 Å². The average molecular weight is 172 g/mol. The first kappa shape index (κ1) is 9.14. The number of hydrogen-bond acceptors (Lipinski definition) is 3. The molecular weight excluding hydrogens is 164 g/mol. The molecule has 1 aromatic rings. The van der Waals surface area contributed by atoms with Gasteiger partial charge in [0, 0.05) is 6.20 Å². The van der Waals surface area contributed by atoms with E-state index in [4.69, 9.17) is 5.26 Å². The number of allylic oxidation sites excluding steroid dienone is 1. The zero-order valence-corrected chi connectivity index (χ0v) is 7.19. The average Bonchev–Trinajstić information content (AvgIpc) is 2.14. The second kappa shape index (κ2) is 4.17. The molecule has 0 unspecified atom stereocenters. The summed E-state index contributed by atoms with van der Waals surface area (Å²) in [5.74, 6) is -0.566. The van der Waals surface area contributed by atoms with Gasteiger partial charge in [0.15, 0.2) is 0 Å². The Kier molecular flexibility index (Phi) is 2.93. The number of carbonyl (C=O) groups excluding carboxylic acids is 1. The summed E-state index contributed by atoms with van der Waals surface area (Å²) in [6, 6.07) is 5.20. The maximum atomic E-state index is 10.6. The first-order chi connectivity index (χ1) is 6.22. The van der Waals surface area contributed by atoms with Crippen LogP contribution in [0.25, 0.3) is 6.08 Å². The van der Waals surface area contributed by atoms with Crippen molar-refractivity contribution in [1.82, 2.24) is 4.98 Å². The van der Waals surface area contributed by atoms with Crippen LogP contribution >= 0.6 is 0 Å². The standard InChI is InChI=1S/C10H8N2O/c1-8-4-5-12-9(6-8)2-3-10(13)7-11/h2-6H,1H3/b3-2+. The Labute approximate surface area is 76.3 Å². The third-order valence-corrected chi connectivity index (χ3v) is 1.45. The lowest BCUT2D eigenvalue weighted by atomic mass is 10.2. The highest BCUT2D eigenvalue weighted by Gasteiger charge is 1.92. The topological polar surface area (TPSA) is 53.8 Å². The van der Waals surface area contributed by atoms with Crippen LogP contribution in [0.15, 0.2) is 24.4 Å². The highest BCUT2D eigenvalue weighted by atomic mass is 16.1. The van der Waals surface area contributed by atoms with Crippen LogP contribution in [0.1, 0.15) is 11.3 Å². The van der Waals surface area contributed by atoms with E-state index in [1.165, 1.54) is 18.2 Å². The smallest absolute Gasteiger partial charge is 0.255 e. The van der Waals surface area contributed by atoms with Crippen molar-refractivity contribution in [2.75, 3.05) is 0 Å². The number of pyridine rings is 1. The van der Waals surface area contributed by atoms with Crippen LogP contribution in [0.2, 0.25) is 0 Å². The largest absolute Gasteiger partial charge is 0.278 e. The minimum atomic E-state index is -0.566. The van der Waals surface area contributed by atoms with Crippen LogP contribution in [0.3, 0.4) is 0 Å². The van der Waals surface area contributed by atoms with Gasteiger partial charge >= 0.3 is 0 Å². The lowest BCUT2D eigenvalue weighted by Gasteiger charge is -1.92. The molecule has 0 saturated heterocycles. The Morgan fingerprint density at radius 2 is 2.46 bits per heavy atom. The molecule has 1 aromatic heterocycles. The molecule has 1 rings (SSSR count). The van der Waals surface area contributed by atoms with Crippen molar-refractivity contribution in [3.8, 4) is 6.07 Å². The number of aromatic nitrogens is 1. The van der Waals surface area contributed by atoms with E-state index in [0.717, 1.165) is 5.56 Å². The molecule has 0 aliphatic rings. The lowest BCUT2D eigenvalue weighted by molar-refractivity contribution is -0.109. The van der Waals surface area contributed by atoms with Gasteiger partial charge in [-0.05, 0) is 36.8 Å². The molecule has 0 radical (unpaired) electrons. The number of aryl methyl sites for hydroxylation is 1. The quantitative estimate of drug-likeness (QED) is 0.501. The van der Waals surface area contributed by atoms with Crippen LogP contribution in [-0.4, -0.2) is 10.8 Å². The van der Waals surface area contributed by atoms with Crippen molar-refractivity contribution in [3.63, 3.8) is 0 Å². The molecule has 0 amide bonds. The van der Waals surface area contributed by atoms with E-state index in [2.05, 4.69) is 4.98 Å². The number of ketones is 1. The third-order valence-electron chi connectivity index (χ3n) is 1.45. The van der Waals surface area contributed by atoms with E-state index in [-0.39, 0.29) is 0 Å². The van der Waals surface area contributed by atoms with Crippen LogP contribution in [-0.2, 0) is 4.79 Å². The van der Waals surface area contributed by atoms with Crippen LogP contribution in [0.5, 0.6) is 0 Å². The van der Waals surface area contributed by atoms with Crippen molar-refractivity contribution in [2.45, 2.75) is 6.92 Å².